The third kappa shape index (κ3) is 3.29. The predicted octanol–water partition coefficient (Wildman–Crippen LogP) is 2.79. The van der Waals surface area contributed by atoms with Gasteiger partial charge in [-0.15, -0.1) is 0 Å². The van der Waals surface area contributed by atoms with Crippen LogP contribution in [0.4, 0.5) is 11.4 Å². The first-order chi connectivity index (χ1) is 11.5. The average molecular weight is 328 g/mol. The Morgan fingerprint density at radius 2 is 2.12 bits per heavy atom. The van der Waals surface area contributed by atoms with Gasteiger partial charge in [-0.2, -0.15) is 0 Å². The van der Waals surface area contributed by atoms with Gasteiger partial charge in [0.15, 0.2) is 6.61 Å². The standard InChI is InChI=1S/C17H16N2O5/c1-12-10-18(15-7-2-3-8-16(15)24-12)17(20)11-23-14-6-4-5-13(9-14)19(21)22/h2-9,12H,10-11H2,1H3/t12-/m0/s1. The topological polar surface area (TPSA) is 81.9 Å². The Morgan fingerprint density at radius 3 is 2.92 bits per heavy atom. The first-order valence-electron chi connectivity index (χ1n) is 7.48. The summed E-state index contributed by atoms with van der Waals surface area (Å²) in [7, 11) is 0. The molecule has 124 valence electrons. The number of ether oxygens (including phenoxy) is 2. The minimum atomic E-state index is -0.505. The number of nitro benzene ring substituents is 1. The van der Waals surface area contributed by atoms with Crippen molar-refractivity contribution in [3.05, 3.63) is 58.6 Å². The normalized spacial score (nSPS) is 16.0. The van der Waals surface area contributed by atoms with E-state index in [1.165, 1.54) is 18.2 Å². The largest absolute Gasteiger partial charge is 0.487 e. The van der Waals surface area contributed by atoms with Crippen molar-refractivity contribution in [2.75, 3.05) is 18.1 Å². The fourth-order valence-electron chi connectivity index (χ4n) is 2.54. The van der Waals surface area contributed by atoms with Gasteiger partial charge in [-0.3, -0.25) is 14.9 Å². The fourth-order valence-corrected chi connectivity index (χ4v) is 2.54. The lowest BCUT2D eigenvalue weighted by atomic mass is 10.2. The number of anilines is 1. The van der Waals surface area contributed by atoms with Crippen LogP contribution in [0.25, 0.3) is 0 Å². The van der Waals surface area contributed by atoms with Crippen molar-refractivity contribution in [2.24, 2.45) is 0 Å². The van der Waals surface area contributed by atoms with Crippen molar-refractivity contribution in [2.45, 2.75) is 13.0 Å². The van der Waals surface area contributed by atoms with Crippen molar-refractivity contribution in [3.63, 3.8) is 0 Å². The first-order valence-corrected chi connectivity index (χ1v) is 7.48. The van der Waals surface area contributed by atoms with E-state index in [4.69, 9.17) is 9.47 Å². The number of nitro groups is 1. The molecule has 1 heterocycles. The smallest absolute Gasteiger partial charge is 0.273 e. The molecule has 0 aliphatic carbocycles. The number of hydrogen-bond donors (Lipinski definition) is 0. The molecule has 0 saturated heterocycles. The number of carbonyl (C=O) groups excluding carboxylic acids is 1. The number of amides is 1. The van der Waals surface area contributed by atoms with Crippen LogP contribution in [0.15, 0.2) is 48.5 Å². The molecule has 0 fully saturated rings. The molecule has 7 heteroatoms. The van der Waals surface area contributed by atoms with Crippen molar-refractivity contribution < 1.29 is 19.2 Å². The Bertz CT molecular complexity index is 777. The molecule has 1 aliphatic rings. The summed E-state index contributed by atoms with van der Waals surface area (Å²) in [5.41, 5.74) is 0.619. The van der Waals surface area contributed by atoms with E-state index >= 15 is 0 Å². The Labute approximate surface area is 138 Å². The lowest BCUT2D eigenvalue weighted by Crippen LogP contribution is -2.44. The van der Waals surface area contributed by atoms with Crippen LogP contribution < -0.4 is 14.4 Å². The number of fused-ring (bicyclic) bond motifs is 1. The maximum atomic E-state index is 12.5. The highest BCUT2D eigenvalue weighted by molar-refractivity contribution is 5.96. The SMILES string of the molecule is C[C@H]1CN(C(=O)COc2cccc([N+](=O)[O-])c2)c2ccccc2O1. The van der Waals surface area contributed by atoms with E-state index < -0.39 is 4.92 Å². The number of para-hydroxylation sites is 2. The van der Waals surface area contributed by atoms with Crippen LogP contribution in [0.2, 0.25) is 0 Å². The molecule has 0 bridgehead atoms. The van der Waals surface area contributed by atoms with E-state index in [2.05, 4.69) is 0 Å². The molecular formula is C17H16N2O5. The number of non-ortho nitro benzene ring substituents is 1. The number of nitrogens with zero attached hydrogens (tertiary/aromatic N) is 2. The molecular weight excluding hydrogens is 312 g/mol. The van der Waals surface area contributed by atoms with Gasteiger partial charge in [0.2, 0.25) is 0 Å². The van der Waals surface area contributed by atoms with Crippen LogP contribution in [0.1, 0.15) is 6.92 Å². The zero-order valence-corrected chi connectivity index (χ0v) is 13.0. The van der Waals surface area contributed by atoms with Crippen molar-refractivity contribution in [1.29, 1.82) is 0 Å². The summed E-state index contributed by atoms with van der Waals surface area (Å²) < 4.78 is 11.1. The van der Waals surface area contributed by atoms with Gasteiger partial charge in [0.25, 0.3) is 11.6 Å². The van der Waals surface area contributed by atoms with Gasteiger partial charge in [0.1, 0.15) is 17.6 Å². The lowest BCUT2D eigenvalue weighted by Gasteiger charge is -2.33. The molecule has 0 unspecified atom stereocenters. The third-order valence-corrected chi connectivity index (χ3v) is 3.62. The molecule has 2 aromatic rings. The van der Waals surface area contributed by atoms with Gasteiger partial charge in [-0.1, -0.05) is 18.2 Å². The molecule has 1 amide bonds. The average Bonchev–Trinajstić information content (AvgIpc) is 2.59. The molecule has 2 aromatic carbocycles. The van der Waals surface area contributed by atoms with Gasteiger partial charge in [-0.05, 0) is 25.1 Å². The highest BCUT2D eigenvalue weighted by atomic mass is 16.6. The van der Waals surface area contributed by atoms with Crippen molar-refractivity contribution >= 4 is 17.3 Å². The van der Waals surface area contributed by atoms with Crippen LogP contribution in [0, 0.1) is 10.1 Å². The third-order valence-electron chi connectivity index (χ3n) is 3.62. The lowest BCUT2D eigenvalue weighted by molar-refractivity contribution is -0.384. The van der Waals surface area contributed by atoms with Crippen LogP contribution in [-0.4, -0.2) is 30.1 Å². The number of hydrogen-bond acceptors (Lipinski definition) is 5. The summed E-state index contributed by atoms with van der Waals surface area (Å²) in [6, 6.07) is 13.1. The van der Waals surface area contributed by atoms with Gasteiger partial charge >= 0.3 is 0 Å². The minimum absolute atomic E-state index is 0.0784. The maximum absolute atomic E-state index is 12.5. The molecule has 7 nitrogen and oxygen atoms in total. The van der Waals surface area contributed by atoms with Crippen LogP contribution in [0.3, 0.4) is 0 Å². The fraction of sp³-hybridized carbons (Fsp3) is 0.235. The number of rotatable bonds is 4. The molecule has 0 radical (unpaired) electrons. The van der Waals surface area contributed by atoms with E-state index in [9.17, 15) is 14.9 Å². The number of benzene rings is 2. The molecule has 0 saturated carbocycles. The Balaban J connectivity index is 1.72. The molecule has 0 N–H and O–H groups in total. The first kappa shape index (κ1) is 15.8. The zero-order valence-electron chi connectivity index (χ0n) is 13.0. The summed E-state index contributed by atoms with van der Waals surface area (Å²) >= 11 is 0. The molecule has 1 aliphatic heterocycles. The monoisotopic (exact) mass is 328 g/mol. The van der Waals surface area contributed by atoms with E-state index in [1.54, 1.807) is 11.0 Å². The quantitative estimate of drug-likeness (QED) is 0.637. The van der Waals surface area contributed by atoms with E-state index in [0.29, 0.717) is 18.0 Å². The second-order valence-electron chi connectivity index (χ2n) is 5.44. The summed E-state index contributed by atoms with van der Waals surface area (Å²) in [4.78, 5) is 24.4. The highest BCUT2D eigenvalue weighted by Gasteiger charge is 2.27. The second kappa shape index (κ2) is 6.57. The van der Waals surface area contributed by atoms with Gasteiger partial charge in [0.05, 0.1) is 23.2 Å². The summed E-state index contributed by atoms with van der Waals surface area (Å²) in [5, 5.41) is 10.8. The minimum Gasteiger partial charge on any atom is -0.487 e. The van der Waals surface area contributed by atoms with Crippen LogP contribution >= 0.6 is 0 Å². The van der Waals surface area contributed by atoms with E-state index in [-0.39, 0.29) is 30.1 Å². The van der Waals surface area contributed by atoms with Gasteiger partial charge < -0.3 is 14.4 Å². The Morgan fingerprint density at radius 1 is 1.33 bits per heavy atom. The van der Waals surface area contributed by atoms with Crippen LogP contribution in [0.5, 0.6) is 11.5 Å². The summed E-state index contributed by atoms with van der Waals surface area (Å²) in [6.07, 6.45) is -0.123. The molecule has 0 aromatic heterocycles. The van der Waals surface area contributed by atoms with Gasteiger partial charge in [-0.25, -0.2) is 0 Å². The number of carbonyl (C=O) groups is 1. The predicted molar refractivity (Wildman–Crippen MR) is 87.5 cm³/mol. The summed E-state index contributed by atoms with van der Waals surface area (Å²) in [6.45, 7) is 2.11. The molecule has 24 heavy (non-hydrogen) atoms. The Kier molecular flexibility index (Phi) is 4.33. The highest BCUT2D eigenvalue weighted by Crippen LogP contribution is 2.33. The zero-order chi connectivity index (χ0) is 17.1. The Hall–Kier alpha value is -3.09. The second-order valence-corrected chi connectivity index (χ2v) is 5.44. The molecule has 3 rings (SSSR count). The van der Waals surface area contributed by atoms with Crippen molar-refractivity contribution in [1.82, 2.24) is 0 Å². The molecule has 1 atom stereocenters. The van der Waals surface area contributed by atoms with Crippen LogP contribution in [-0.2, 0) is 4.79 Å². The van der Waals surface area contributed by atoms with Gasteiger partial charge in [0, 0.05) is 6.07 Å². The molecule has 0 spiro atoms. The maximum Gasteiger partial charge on any atom is 0.273 e. The van der Waals surface area contributed by atoms with Crippen molar-refractivity contribution in [3.8, 4) is 11.5 Å². The van der Waals surface area contributed by atoms with E-state index in [1.807, 2.05) is 31.2 Å². The summed E-state index contributed by atoms with van der Waals surface area (Å²) in [5.74, 6) is 0.705. The van der Waals surface area contributed by atoms with E-state index in [0.717, 1.165) is 0 Å².